The third-order valence-corrected chi connectivity index (χ3v) is 3.95. The number of hydrogen-bond acceptors (Lipinski definition) is 7. The number of rotatable bonds is 7. The molecule has 1 amide bonds. The smallest absolute Gasteiger partial charge is 0.316 e. The minimum Gasteiger partial charge on any atom is -0.465 e. The van der Waals surface area contributed by atoms with E-state index in [-0.39, 0.29) is 30.1 Å². The normalized spacial score (nSPS) is 10.4. The molecule has 0 bridgehead atoms. The maximum Gasteiger partial charge on any atom is 0.316 e. The highest BCUT2D eigenvalue weighted by Crippen LogP contribution is 2.18. The fourth-order valence-corrected chi connectivity index (χ4v) is 2.61. The number of hydrogen-bond donors (Lipinski definition) is 2. The highest BCUT2D eigenvalue weighted by molar-refractivity contribution is 7.99. The van der Waals surface area contributed by atoms with Crippen LogP contribution in [0.3, 0.4) is 0 Å². The first kappa shape index (κ1) is 17.8. The lowest BCUT2D eigenvalue weighted by Gasteiger charge is -2.09. The van der Waals surface area contributed by atoms with Crippen molar-refractivity contribution in [1.82, 2.24) is 14.8 Å². The van der Waals surface area contributed by atoms with Gasteiger partial charge >= 0.3 is 5.97 Å². The summed E-state index contributed by atoms with van der Waals surface area (Å²) in [7, 11) is 0. The van der Waals surface area contributed by atoms with Crippen LogP contribution in [0.25, 0.3) is 0 Å². The first-order valence-corrected chi connectivity index (χ1v) is 8.31. The fraction of sp³-hybridized carbons (Fsp3) is 0.333. The van der Waals surface area contributed by atoms with Gasteiger partial charge in [0.05, 0.1) is 12.4 Å². The van der Waals surface area contributed by atoms with Crippen molar-refractivity contribution in [2.24, 2.45) is 0 Å². The SMILES string of the molecule is CCOC(=O)CSc1nnc(N)n1CC(=O)Nc1ccc(C)cc1. The summed E-state index contributed by atoms with van der Waals surface area (Å²) >= 11 is 1.12. The topological polar surface area (TPSA) is 112 Å². The number of amides is 1. The molecule has 0 spiro atoms. The summed E-state index contributed by atoms with van der Waals surface area (Å²) in [4.78, 5) is 23.6. The molecule has 9 heteroatoms. The van der Waals surface area contributed by atoms with Crippen LogP contribution in [-0.2, 0) is 20.9 Å². The first-order chi connectivity index (χ1) is 11.5. The van der Waals surface area contributed by atoms with E-state index < -0.39 is 0 Å². The highest BCUT2D eigenvalue weighted by Gasteiger charge is 2.15. The lowest BCUT2D eigenvalue weighted by Crippen LogP contribution is -2.20. The summed E-state index contributed by atoms with van der Waals surface area (Å²) in [5, 5.41) is 10.8. The summed E-state index contributed by atoms with van der Waals surface area (Å²) in [6, 6.07) is 7.45. The third-order valence-electron chi connectivity index (χ3n) is 3.01. The van der Waals surface area contributed by atoms with Crippen LogP contribution in [0.2, 0.25) is 0 Å². The molecule has 2 rings (SSSR count). The van der Waals surface area contributed by atoms with E-state index in [1.165, 1.54) is 4.57 Å². The number of benzene rings is 1. The van der Waals surface area contributed by atoms with Crippen molar-refractivity contribution >= 4 is 35.3 Å². The second kappa shape index (κ2) is 8.34. The highest BCUT2D eigenvalue weighted by atomic mass is 32.2. The molecule has 0 fully saturated rings. The van der Waals surface area contributed by atoms with Gasteiger partial charge in [-0.25, -0.2) is 0 Å². The maximum atomic E-state index is 12.2. The van der Waals surface area contributed by atoms with Crippen molar-refractivity contribution in [3.05, 3.63) is 29.8 Å². The number of carbonyl (C=O) groups excluding carboxylic acids is 2. The first-order valence-electron chi connectivity index (χ1n) is 7.33. The van der Waals surface area contributed by atoms with Gasteiger partial charge in [-0.1, -0.05) is 29.5 Å². The molecule has 8 nitrogen and oxygen atoms in total. The number of thioether (sulfide) groups is 1. The van der Waals surface area contributed by atoms with Crippen LogP contribution in [0, 0.1) is 6.92 Å². The summed E-state index contributed by atoms with van der Waals surface area (Å²) in [5.74, 6) is -0.436. The predicted octanol–water partition coefficient (Wildman–Crippen LogP) is 1.46. The van der Waals surface area contributed by atoms with Gasteiger partial charge < -0.3 is 15.8 Å². The average molecular weight is 349 g/mol. The molecular formula is C15H19N5O3S. The number of nitrogen functional groups attached to an aromatic ring is 1. The maximum absolute atomic E-state index is 12.2. The summed E-state index contributed by atoms with van der Waals surface area (Å²) < 4.78 is 6.30. The van der Waals surface area contributed by atoms with E-state index in [2.05, 4.69) is 15.5 Å². The van der Waals surface area contributed by atoms with Crippen LogP contribution in [0.15, 0.2) is 29.4 Å². The molecule has 3 N–H and O–H groups in total. The van der Waals surface area contributed by atoms with Crippen molar-refractivity contribution < 1.29 is 14.3 Å². The molecule has 0 radical (unpaired) electrons. The number of esters is 1. The van der Waals surface area contributed by atoms with Gasteiger partial charge in [-0.3, -0.25) is 14.2 Å². The number of carbonyl (C=O) groups is 2. The Labute approximate surface area is 143 Å². The van der Waals surface area contributed by atoms with Gasteiger partial charge in [0.1, 0.15) is 6.54 Å². The Morgan fingerprint density at radius 2 is 2.00 bits per heavy atom. The third kappa shape index (κ3) is 4.98. The van der Waals surface area contributed by atoms with Gasteiger partial charge in [0.25, 0.3) is 0 Å². The quantitative estimate of drug-likeness (QED) is 0.575. The number of anilines is 2. The van der Waals surface area contributed by atoms with Crippen molar-refractivity contribution in [1.29, 1.82) is 0 Å². The molecule has 0 unspecified atom stereocenters. The molecule has 24 heavy (non-hydrogen) atoms. The van der Waals surface area contributed by atoms with Crippen LogP contribution >= 0.6 is 11.8 Å². The Morgan fingerprint density at radius 3 is 2.67 bits per heavy atom. The number of nitrogens with zero attached hydrogens (tertiary/aromatic N) is 3. The zero-order chi connectivity index (χ0) is 17.5. The van der Waals surface area contributed by atoms with Gasteiger partial charge in [-0.2, -0.15) is 0 Å². The van der Waals surface area contributed by atoms with E-state index in [9.17, 15) is 9.59 Å². The molecule has 1 aromatic heterocycles. The Morgan fingerprint density at radius 1 is 1.29 bits per heavy atom. The molecule has 0 aliphatic rings. The van der Waals surface area contributed by atoms with Crippen LogP contribution in [0.5, 0.6) is 0 Å². The van der Waals surface area contributed by atoms with Gasteiger partial charge in [0.15, 0.2) is 5.16 Å². The Bertz CT molecular complexity index is 714. The fourth-order valence-electron chi connectivity index (χ4n) is 1.86. The predicted molar refractivity (Wildman–Crippen MR) is 91.6 cm³/mol. The van der Waals surface area contributed by atoms with E-state index in [0.717, 1.165) is 17.3 Å². The summed E-state index contributed by atoms with van der Waals surface area (Å²) in [5.41, 5.74) is 7.55. The second-order valence-electron chi connectivity index (χ2n) is 4.93. The average Bonchev–Trinajstić information content (AvgIpc) is 2.88. The number of nitrogens with two attached hydrogens (primary N) is 1. The van der Waals surface area contributed by atoms with E-state index in [0.29, 0.717) is 17.5 Å². The lowest BCUT2D eigenvalue weighted by atomic mass is 10.2. The zero-order valence-electron chi connectivity index (χ0n) is 13.5. The lowest BCUT2D eigenvalue weighted by molar-refractivity contribution is -0.139. The summed E-state index contributed by atoms with van der Waals surface area (Å²) in [6.45, 7) is 3.97. The van der Waals surface area contributed by atoms with E-state index in [4.69, 9.17) is 10.5 Å². The minimum absolute atomic E-state index is 0.0438. The summed E-state index contributed by atoms with van der Waals surface area (Å²) in [6.07, 6.45) is 0. The van der Waals surface area contributed by atoms with Crippen molar-refractivity contribution in [3.63, 3.8) is 0 Å². The number of nitrogens with one attached hydrogen (secondary N) is 1. The molecule has 0 saturated heterocycles. The van der Waals surface area contributed by atoms with E-state index >= 15 is 0 Å². The van der Waals surface area contributed by atoms with Gasteiger partial charge in [-0.15, -0.1) is 10.2 Å². The zero-order valence-corrected chi connectivity index (χ0v) is 14.3. The standard InChI is InChI=1S/C15H19N5O3S/c1-3-23-13(22)9-24-15-19-18-14(16)20(15)8-12(21)17-11-6-4-10(2)5-7-11/h4-7H,3,8-9H2,1-2H3,(H2,16,18)(H,17,21). The van der Waals surface area contributed by atoms with Crippen LogP contribution in [0.1, 0.15) is 12.5 Å². The van der Waals surface area contributed by atoms with E-state index in [1.807, 2.05) is 31.2 Å². The molecule has 1 aromatic carbocycles. The van der Waals surface area contributed by atoms with E-state index in [1.54, 1.807) is 6.92 Å². The van der Waals surface area contributed by atoms with Crippen LogP contribution in [-0.4, -0.2) is 39.0 Å². The largest absolute Gasteiger partial charge is 0.465 e. The number of ether oxygens (including phenoxy) is 1. The van der Waals surface area contributed by atoms with Crippen molar-refractivity contribution in [3.8, 4) is 0 Å². The van der Waals surface area contributed by atoms with Gasteiger partial charge in [0, 0.05) is 5.69 Å². The van der Waals surface area contributed by atoms with Crippen LogP contribution in [0.4, 0.5) is 11.6 Å². The molecule has 1 heterocycles. The van der Waals surface area contributed by atoms with Gasteiger partial charge in [-0.05, 0) is 26.0 Å². The molecule has 128 valence electrons. The Hall–Kier alpha value is -2.55. The number of aromatic nitrogens is 3. The monoisotopic (exact) mass is 349 g/mol. The van der Waals surface area contributed by atoms with Gasteiger partial charge in [0.2, 0.25) is 11.9 Å². The second-order valence-corrected chi connectivity index (χ2v) is 5.88. The van der Waals surface area contributed by atoms with Crippen molar-refractivity contribution in [2.45, 2.75) is 25.5 Å². The number of aryl methyl sites for hydroxylation is 1. The minimum atomic E-state index is -0.361. The molecular weight excluding hydrogens is 330 g/mol. The Balaban J connectivity index is 1.98. The van der Waals surface area contributed by atoms with Crippen molar-refractivity contribution in [2.75, 3.05) is 23.4 Å². The Kier molecular flexibility index (Phi) is 6.19. The molecule has 0 aliphatic heterocycles. The van der Waals surface area contributed by atoms with Crippen LogP contribution < -0.4 is 11.1 Å². The molecule has 0 saturated carbocycles. The molecule has 2 aromatic rings. The molecule has 0 atom stereocenters. The molecule has 0 aliphatic carbocycles.